The van der Waals surface area contributed by atoms with E-state index in [1.165, 1.54) is 6.07 Å². The molecule has 22 heavy (non-hydrogen) atoms. The van der Waals surface area contributed by atoms with Crippen LogP contribution in [0.25, 0.3) is 11.5 Å². The molecule has 2 aromatic rings. The molecule has 0 saturated carbocycles. The zero-order valence-electron chi connectivity index (χ0n) is 12.7. The average molecular weight is 303 g/mol. The molecule has 0 spiro atoms. The third kappa shape index (κ3) is 3.60. The number of unbranched alkanes of at least 4 members (excludes halogenated alkanes) is 1. The molecule has 0 aliphatic rings. The molecule has 1 aromatic heterocycles. The maximum absolute atomic E-state index is 11.3. The largest absolute Gasteiger partial charge is 0.421 e. The van der Waals surface area contributed by atoms with Gasteiger partial charge in [0.2, 0.25) is 11.8 Å². The fraction of sp³-hybridized carbons (Fsp3) is 0.400. The van der Waals surface area contributed by atoms with Gasteiger partial charge in [0.1, 0.15) is 5.69 Å². The number of nitro groups is 1. The normalized spacial score (nSPS) is 12.1. The van der Waals surface area contributed by atoms with Crippen LogP contribution in [0.15, 0.2) is 22.6 Å². The predicted octanol–water partition coefficient (Wildman–Crippen LogP) is 3.76. The highest BCUT2D eigenvalue weighted by Gasteiger charge is 2.22. The number of aryl methyl sites for hydroxylation is 1. The van der Waals surface area contributed by atoms with E-state index in [4.69, 9.17) is 4.42 Å². The third-order valence-corrected chi connectivity index (χ3v) is 3.27. The van der Waals surface area contributed by atoms with E-state index in [-0.39, 0.29) is 17.6 Å². The molecule has 0 bridgehead atoms. The van der Waals surface area contributed by atoms with Crippen molar-refractivity contribution in [3.63, 3.8) is 0 Å². The van der Waals surface area contributed by atoms with Gasteiger partial charge in [-0.2, -0.15) is 0 Å². The Morgan fingerprint density at radius 1 is 1.45 bits per heavy atom. The van der Waals surface area contributed by atoms with Crippen LogP contribution in [0.1, 0.15) is 32.1 Å². The number of hydrogen-bond acceptors (Lipinski definition) is 6. The Kier molecular flexibility index (Phi) is 5.08. The van der Waals surface area contributed by atoms with Crippen molar-refractivity contribution < 1.29 is 9.34 Å². The summed E-state index contributed by atoms with van der Waals surface area (Å²) in [4.78, 5) is 10.9. The molecule has 1 heterocycles. The van der Waals surface area contributed by atoms with E-state index >= 15 is 0 Å². The van der Waals surface area contributed by atoms with Crippen LogP contribution in [0.2, 0.25) is 0 Å². The molecular formula is C15H19N4O3. The smallest absolute Gasteiger partial charge is 0.293 e. The SMILES string of the molecule is [CH2]CCC[C@@H](C)Nc1c(-c2nnc(C)o2)cccc1[N+](=O)[O-]. The lowest BCUT2D eigenvalue weighted by Crippen LogP contribution is -2.16. The van der Waals surface area contributed by atoms with Crippen molar-refractivity contribution in [1.82, 2.24) is 10.2 Å². The number of nitrogens with zero attached hydrogens (tertiary/aromatic N) is 3. The average Bonchev–Trinajstić information content (AvgIpc) is 2.91. The summed E-state index contributed by atoms with van der Waals surface area (Å²) in [6.07, 6.45) is 2.65. The molecule has 7 nitrogen and oxygen atoms in total. The molecule has 7 heteroatoms. The Bertz CT molecular complexity index is 654. The highest BCUT2D eigenvalue weighted by Crippen LogP contribution is 2.35. The molecular weight excluding hydrogens is 284 g/mol. The Labute approximate surface area is 128 Å². The van der Waals surface area contributed by atoms with Gasteiger partial charge in [-0.15, -0.1) is 10.2 Å². The van der Waals surface area contributed by atoms with E-state index < -0.39 is 4.92 Å². The lowest BCUT2D eigenvalue weighted by atomic mass is 10.1. The van der Waals surface area contributed by atoms with Crippen molar-refractivity contribution >= 4 is 11.4 Å². The second kappa shape index (κ2) is 7.02. The molecule has 0 aliphatic carbocycles. The number of aromatic nitrogens is 2. The van der Waals surface area contributed by atoms with E-state index in [0.29, 0.717) is 17.1 Å². The molecule has 0 unspecified atom stereocenters. The van der Waals surface area contributed by atoms with Crippen molar-refractivity contribution in [2.24, 2.45) is 0 Å². The summed E-state index contributed by atoms with van der Waals surface area (Å²) in [6, 6.07) is 4.88. The maximum atomic E-state index is 11.3. The second-order valence-electron chi connectivity index (χ2n) is 5.12. The summed E-state index contributed by atoms with van der Waals surface area (Å²) in [6.45, 7) is 7.47. The van der Waals surface area contributed by atoms with Crippen molar-refractivity contribution in [2.75, 3.05) is 5.32 Å². The minimum Gasteiger partial charge on any atom is -0.421 e. The molecule has 1 radical (unpaired) electrons. The summed E-state index contributed by atoms with van der Waals surface area (Å²) >= 11 is 0. The van der Waals surface area contributed by atoms with E-state index in [9.17, 15) is 10.1 Å². The molecule has 1 aromatic carbocycles. The predicted molar refractivity (Wildman–Crippen MR) is 83.4 cm³/mol. The molecule has 117 valence electrons. The van der Waals surface area contributed by atoms with Crippen LogP contribution in [-0.2, 0) is 0 Å². The number of nitrogens with one attached hydrogen (secondary N) is 1. The fourth-order valence-corrected chi connectivity index (χ4v) is 2.20. The van der Waals surface area contributed by atoms with E-state index in [1.807, 2.05) is 6.92 Å². The first-order chi connectivity index (χ1) is 10.5. The lowest BCUT2D eigenvalue weighted by Gasteiger charge is -2.16. The molecule has 0 fully saturated rings. The number of para-hydroxylation sites is 1. The monoisotopic (exact) mass is 303 g/mol. The number of anilines is 1. The van der Waals surface area contributed by atoms with Crippen molar-refractivity contribution in [3.05, 3.63) is 41.1 Å². The van der Waals surface area contributed by atoms with Crippen molar-refractivity contribution in [2.45, 2.75) is 39.2 Å². The van der Waals surface area contributed by atoms with Crippen LogP contribution in [-0.4, -0.2) is 21.2 Å². The van der Waals surface area contributed by atoms with Crippen molar-refractivity contribution in [3.8, 4) is 11.5 Å². The van der Waals surface area contributed by atoms with E-state index in [1.54, 1.807) is 19.1 Å². The zero-order valence-corrected chi connectivity index (χ0v) is 12.7. The van der Waals surface area contributed by atoms with Gasteiger partial charge in [-0.1, -0.05) is 25.8 Å². The van der Waals surface area contributed by atoms with Gasteiger partial charge in [0.15, 0.2) is 0 Å². The standard InChI is InChI=1S/C15H19N4O3/c1-4-5-7-10(2)16-14-12(15-18-17-11(3)22-15)8-6-9-13(14)19(20)21/h6,8-10,16H,1,4-5,7H2,2-3H3/t10-/m1/s1. The number of benzene rings is 1. The molecule has 0 aliphatic heterocycles. The molecule has 0 saturated heterocycles. The minimum atomic E-state index is -0.414. The number of rotatable bonds is 7. The Morgan fingerprint density at radius 2 is 2.23 bits per heavy atom. The highest BCUT2D eigenvalue weighted by molar-refractivity contribution is 5.80. The van der Waals surface area contributed by atoms with Crippen LogP contribution in [0, 0.1) is 24.0 Å². The van der Waals surface area contributed by atoms with Gasteiger partial charge < -0.3 is 9.73 Å². The zero-order chi connectivity index (χ0) is 16.1. The van der Waals surface area contributed by atoms with E-state index in [0.717, 1.165) is 19.3 Å². The van der Waals surface area contributed by atoms with Gasteiger partial charge in [-0.05, 0) is 19.4 Å². The van der Waals surface area contributed by atoms with Gasteiger partial charge in [0.25, 0.3) is 5.69 Å². The third-order valence-electron chi connectivity index (χ3n) is 3.27. The summed E-state index contributed by atoms with van der Waals surface area (Å²) in [5, 5.41) is 22.2. The molecule has 2 rings (SSSR count). The fourth-order valence-electron chi connectivity index (χ4n) is 2.20. The first-order valence-corrected chi connectivity index (χ1v) is 7.16. The summed E-state index contributed by atoms with van der Waals surface area (Å²) in [5.74, 6) is 0.686. The van der Waals surface area contributed by atoms with Gasteiger partial charge in [-0.25, -0.2) is 0 Å². The van der Waals surface area contributed by atoms with E-state index in [2.05, 4.69) is 22.4 Å². The maximum Gasteiger partial charge on any atom is 0.293 e. The van der Waals surface area contributed by atoms with Crippen LogP contribution in [0.5, 0.6) is 0 Å². The summed E-state index contributed by atoms with van der Waals surface area (Å²) < 4.78 is 5.41. The molecule has 1 N–H and O–H groups in total. The van der Waals surface area contributed by atoms with Crippen LogP contribution < -0.4 is 5.32 Å². The Hall–Kier alpha value is -2.44. The van der Waals surface area contributed by atoms with Crippen LogP contribution in [0.3, 0.4) is 0 Å². The lowest BCUT2D eigenvalue weighted by molar-refractivity contribution is -0.383. The van der Waals surface area contributed by atoms with Crippen molar-refractivity contribution in [1.29, 1.82) is 0 Å². The highest BCUT2D eigenvalue weighted by atomic mass is 16.6. The summed E-state index contributed by atoms with van der Waals surface area (Å²) in [5.41, 5.74) is 0.943. The quantitative estimate of drug-likeness (QED) is 0.618. The Morgan fingerprint density at radius 3 is 2.82 bits per heavy atom. The van der Waals surface area contributed by atoms with Gasteiger partial charge in [0.05, 0.1) is 10.5 Å². The number of nitro benzene ring substituents is 1. The van der Waals surface area contributed by atoms with Gasteiger partial charge >= 0.3 is 0 Å². The first kappa shape index (κ1) is 15.9. The first-order valence-electron chi connectivity index (χ1n) is 7.16. The van der Waals surface area contributed by atoms with Crippen LogP contribution in [0.4, 0.5) is 11.4 Å². The van der Waals surface area contributed by atoms with Crippen LogP contribution >= 0.6 is 0 Å². The number of hydrogen-bond donors (Lipinski definition) is 1. The Balaban J connectivity index is 2.41. The van der Waals surface area contributed by atoms with Gasteiger partial charge in [-0.3, -0.25) is 10.1 Å². The topological polar surface area (TPSA) is 94.1 Å². The second-order valence-corrected chi connectivity index (χ2v) is 5.12. The molecule has 1 atom stereocenters. The van der Waals surface area contributed by atoms with Gasteiger partial charge in [0, 0.05) is 19.0 Å². The summed E-state index contributed by atoms with van der Waals surface area (Å²) in [7, 11) is 0. The molecule has 0 amide bonds. The minimum absolute atomic E-state index is 0.00479.